The van der Waals surface area contributed by atoms with E-state index in [2.05, 4.69) is 0 Å². The molecule has 0 aromatic heterocycles. The minimum absolute atomic E-state index is 0.136. The minimum Gasteiger partial charge on any atom is -0.409 e. The van der Waals surface area contributed by atoms with Crippen LogP contribution in [0.5, 0.6) is 5.75 Å². The van der Waals surface area contributed by atoms with Crippen LogP contribution >= 0.6 is 0 Å². The van der Waals surface area contributed by atoms with Crippen molar-refractivity contribution in [3.8, 4) is 5.75 Å². The third-order valence-electron chi connectivity index (χ3n) is 3.23. The number of nitrogens with two attached hydrogens (primary N) is 1. The highest BCUT2D eigenvalue weighted by atomic mass is 16.6. The molecule has 2 aromatic rings. The number of carbonyl (C=O) groups excluding carboxylic acids is 3. The quantitative estimate of drug-likeness (QED) is 0.399. The number of benzene rings is 2. The zero-order chi connectivity index (χ0) is 15.0. The summed E-state index contributed by atoms with van der Waals surface area (Å²) in [5.41, 5.74) is 3.04. The molecule has 0 spiro atoms. The van der Waals surface area contributed by atoms with Gasteiger partial charge in [0.05, 0.1) is 0 Å². The Morgan fingerprint density at radius 2 is 1.48 bits per heavy atom. The van der Waals surface area contributed by atoms with Crippen molar-refractivity contribution >= 4 is 17.7 Å². The number of rotatable bonds is 1. The van der Waals surface area contributed by atoms with E-state index in [0.29, 0.717) is 16.7 Å². The normalized spacial score (nSPS) is 12.4. The molecule has 21 heavy (non-hydrogen) atoms. The number of ether oxygens (including phenoxy) is 1. The highest BCUT2D eigenvalue weighted by molar-refractivity contribution is 6.28. The second-order valence-electron chi connectivity index (χ2n) is 4.45. The molecule has 0 radical (unpaired) electrons. The van der Waals surface area contributed by atoms with Crippen molar-refractivity contribution in [2.24, 2.45) is 5.84 Å². The molecule has 0 heterocycles. The number of amides is 1. The molecule has 1 aliphatic carbocycles. The van der Waals surface area contributed by atoms with Crippen molar-refractivity contribution in [1.82, 2.24) is 5.43 Å². The summed E-state index contributed by atoms with van der Waals surface area (Å²) in [4.78, 5) is 35.9. The van der Waals surface area contributed by atoms with Crippen molar-refractivity contribution in [2.45, 2.75) is 0 Å². The lowest BCUT2D eigenvalue weighted by Gasteiger charge is -2.17. The number of carbonyl (C=O) groups is 3. The molecule has 3 rings (SSSR count). The lowest BCUT2D eigenvalue weighted by Crippen LogP contribution is -2.33. The Balaban J connectivity index is 2.09. The first kappa shape index (κ1) is 13.0. The third kappa shape index (κ3) is 2.07. The first-order valence-corrected chi connectivity index (χ1v) is 6.12. The van der Waals surface area contributed by atoms with Crippen LogP contribution < -0.4 is 16.0 Å². The first-order valence-electron chi connectivity index (χ1n) is 6.12. The summed E-state index contributed by atoms with van der Waals surface area (Å²) < 4.78 is 4.86. The Labute approximate surface area is 119 Å². The molecule has 0 fully saturated rings. The van der Waals surface area contributed by atoms with Crippen LogP contribution in [-0.2, 0) is 0 Å². The fourth-order valence-corrected chi connectivity index (χ4v) is 2.28. The number of fused-ring (bicyclic) bond motifs is 2. The molecule has 6 nitrogen and oxygen atoms in total. The minimum atomic E-state index is -0.857. The van der Waals surface area contributed by atoms with Crippen LogP contribution in [0.25, 0.3) is 0 Å². The topological polar surface area (TPSA) is 98.5 Å². The van der Waals surface area contributed by atoms with E-state index in [1.54, 1.807) is 24.3 Å². The van der Waals surface area contributed by atoms with Crippen LogP contribution in [-0.4, -0.2) is 17.7 Å². The van der Waals surface area contributed by atoms with E-state index in [0.717, 1.165) is 0 Å². The van der Waals surface area contributed by atoms with Gasteiger partial charge in [-0.3, -0.25) is 15.0 Å². The van der Waals surface area contributed by atoms with E-state index >= 15 is 0 Å². The standard InChI is InChI=1S/C15H10N2O4/c16-17-15(20)21-8-5-6-11-12(7-8)14(19)10-4-2-1-3-9(10)13(11)18/h1-7H,16H2,(H,17,20). The number of hydrogen-bond acceptors (Lipinski definition) is 5. The summed E-state index contributed by atoms with van der Waals surface area (Å²) in [6.45, 7) is 0. The molecule has 104 valence electrons. The number of hydrogen-bond donors (Lipinski definition) is 2. The fraction of sp³-hybridized carbons (Fsp3) is 0. The molecule has 0 atom stereocenters. The van der Waals surface area contributed by atoms with E-state index in [1.807, 2.05) is 5.43 Å². The lowest BCUT2D eigenvalue weighted by molar-refractivity contribution is 0.0979. The van der Waals surface area contributed by atoms with Gasteiger partial charge in [0.2, 0.25) is 0 Å². The van der Waals surface area contributed by atoms with E-state index < -0.39 is 6.09 Å². The number of ketones is 2. The molecule has 0 saturated carbocycles. The summed E-state index contributed by atoms with van der Waals surface area (Å²) in [6, 6.07) is 10.9. The molecular weight excluding hydrogens is 272 g/mol. The van der Waals surface area contributed by atoms with E-state index in [-0.39, 0.29) is 22.9 Å². The molecule has 0 saturated heterocycles. The van der Waals surface area contributed by atoms with Crippen LogP contribution in [0.3, 0.4) is 0 Å². The lowest BCUT2D eigenvalue weighted by atomic mass is 9.84. The predicted molar refractivity (Wildman–Crippen MR) is 73.1 cm³/mol. The van der Waals surface area contributed by atoms with E-state index in [4.69, 9.17) is 10.6 Å². The van der Waals surface area contributed by atoms with Crippen molar-refractivity contribution in [1.29, 1.82) is 0 Å². The summed E-state index contributed by atoms with van der Waals surface area (Å²) in [7, 11) is 0. The molecule has 0 unspecified atom stereocenters. The molecule has 6 heteroatoms. The monoisotopic (exact) mass is 282 g/mol. The molecular formula is C15H10N2O4. The highest BCUT2D eigenvalue weighted by Gasteiger charge is 2.29. The van der Waals surface area contributed by atoms with Gasteiger partial charge in [0.1, 0.15) is 5.75 Å². The maximum absolute atomic E-state index is 12.4. The summed E-state index contributed by atoms with van der Waals surface area (Å²) in [6.07, 6.45) is -0.857. The van der Waals surface area contributed by atoms with E-state index in [1.165, 1.54) is 18.2 Å². The van der Waals surface area contributed by atoms with Gasteiger partial charge in [-0.15, -0.1) is 0 Å². The highest BCUT2D eigenvalue weighted by Crippen LogP contribution is 2.29. The van der Waals surface area contributed by atoms with Gasteiger partial charge in [-0.05, 0) is 18.2 Å². The molecule has 3 N–H and O–H groups in total. The first-order chi connectivity index (χ1) is 10.1. The van der Waals surface area contributed by atoms with Crippen LogP contribution in [0.2, 0.25) is 0 Å². The fourth-order valence-electron chi connectivity index (χ4n) is 2.28. The van der Waals surface area contributed by atoms with Gasteiger partial charge in [-0.25, -0.2) is 10.6 Å². The summed E-state index contributed by atoms with van der Waals surface area (Å²) in [5.74, 6) is 4.56. The van der Waals surface area contributed by atoms with Crippen LogP contribution in [0.15, 0.2) is 42.5 Å². The van der Waals surface area contributed by atoms with Gasteiger partial charge < -0.3 is 4.74 Å². The van der Waals surface area contributed by atoms with Gasteiger partial charge in [0.25, 0.3) is 0 Å². The summed E-state index contributed by atoms with van der Waals surface area (Å²) >= 11 is 0. The molecule has 1 aliphatic rings. The average molecular weight is 282 g/mol. The van der Waals surface area contributed by atoms with Crippen LogP contribution in [0.1, 0.15) is 31.8 Å². The Morgan fingerprint density at radius 1 is 0.905 bits per heavy atom. The zero-order valence-corrected chi connectivity index (χ0v) is 10.8. The van der Waals surface area contributed by atoms with Gasteiger partial charge in [0.15, 0.2) is 11.6 Å². The maximum Gasteiger partial charge on any atom is 0.426 e. The average Bonchev–Trinajstić information content (AvgIpc) is 2.52. The van der Waals surface area contributed by atoms with Crippen molar-refractivity contribution in [3.05, 3.63) is 64.7 Å². The number of nitrogens with one attached hydrogen (secondary N) is 1. The van der Waals surface area contributed by atoms with Gasteiger partial charge in [-0.1, -0.05) is 24.3 Å². The summed E-state index contributed by atoms with van der Waals surface area (Å²) in [5, 5.41) is 0. The Kier molecular flexibility index (Phi) is 3.00. The molecule has 2 aromatic carbocycles. The van der Waals surface area contributed by atoms with Crippen molar-refractivity contribution < 1.29 is 19.1 Å². The van der Waals surface area contributed by atoms with Gasteiger partial charge in [-0.2, -0.15) is 0 Å². The largest absolute Gasteiger partial charge is 0.426 e. The molecule has 0 aliphatic heterocycles. The Hall–Kier alpha value is -2.99. The van der Waals surface area contributed by atoms with Gasteiger partial charge in [0, 0.05) is 22.3 Å². The molecule has 0 bridgehead atoms. The molecule has 1 amide bonds. The van der Waals surface area contributed by atoms with Gasteiger partial charge >= 0.3 is 6.09 Å². The van der Waals surface area contributed by atoms with Crippen molar-refractivity contribution in [3.63, 3.8) is 0 Å². The smallest absolute Gasteiger partial charge is 0.409 e. The second kappa shape index (κ2) is 4.84. The Morgan fingerprint density at radius 3 is 2.10 bits per heavy atom. The Bertz CT molecular complexity index is 783. The van der Waals surface area contributed by atoms with Crippen LogP contribution in [0.4, 0.5) is 4.79 Å². The van der Waals surface area contributed by atoms with Crippen LogP contribution in [0, 0.1) is 0 Å². The predicted octanol–water partition coefficient (Wildman–Crippen LogP) is 1.42. The van der Waals surface area contributed by atoms with E-state index in [9.17, 15) is 14.4 Å². The number of hydrazine groups is 1. The second-order valence-corrected chi connectivity index (χ2v) is 4.45. The van der Waals surface area contributed by atoms with Crippen molar-refractivity contribution in [2.75, 3.05) is 0 Å². The SMILES string of the molecule is NNC(=O)Oc1ccc2c(c1)C(=O)c1ccccc1C2=O. The zero-order valence-electron chi connectivity index (χ0n) is 10.8. The maximum atomic E-state index is 12.4. The third-order valence-corrected chi connectivity index (χ3v) is 3.23.